The minimum absolute atomic E-state index is 0.0974. The fraction of sp³-hybridized carbons (Fsp3) is 0.364. The Morgan fingerprint density at radius 3 is 2.80 bits per heavy atom. The first-order valence-corrected chi connectivity index (χ1v) is 5.52. The lowest BCUT2D eigenvalue weighted by atomic mass is 10.2. The van der Waals surface area contributed by atoms with Crippen LogP contribution in [0.15, 0.2) is 28.7 Å². The van der Waals surface area contributed by atoms with E-state index < -0.39 is 5.97 Å². The Labute approximate surface area is 97.2 Å². The van der Waals surface area contributed by atoms with Crippen LogP contribution in [0, 0.1) is 0 Å². The molecule has 0 radical (unpaired) electrons. The summed E-state index contributed by atoms with van der Waals surface area (Å²) in [5.74, 6) is -0.0482. The predicted octanol–water partition coefficient (Wildman–Crippen LogP) is 3.08. The van der Waals surface area contributed by atoms with Gasteiger partial charge in [0.25, 0.3) is 0 Å². The molecule has 0 heterocycles. The van der Waals surface area contributed by atoms with Crippen LogP contribution in [0.5, 0.6) is 5.75 Å². The molecule has 0 saturated carbocycles. The van der Waals surface area contributed by atoms with E-state index in [-0.39, 0.29) is 12.5 Å². The van der Waals surface area contributed by atoms with Crippen LogP contribution in [0.2, 0.25) is 0 Å². The summed E-state index contributed by atoms with van der Waals surface area (Å²) in [5, 5.41) is 8.52. The maximum Gasteiger partial charge on any atom is 0.303 e. The molecular weight excluding hydrogens is 260 g/mol. The van der Waals surface area contributed by atoms with Gasteiger partial charge in [-0.2, -0.15) is 0 Å². The smallest absolute Gasteiger partial charge is 0.303 e. The number of carboxylic acid groups (broad SMARTS) is 1. The Bertz CT molecular complexity index is 338. The van der Waals surface area contributed by atoms with Crippen LogP contribution in [-0.4, -0.2) is 17.2 Å². The fourth-order valence-corrected chi connectivity index (χ4v) is 1.52. The number of ether oxygens (including phenoxy) is 1. The molecule has 0 bridgehead atoms. The lowest BCUT2D eigenvalue weighted by molar-refractivity contribution is -0.137. The van der Waals surface area contributed by atoms with Gasteiger partial charge in [-0.1, -0.05) is 12.1 Å². The summed E-state index contributed by atoms with van der Waals surface area (Å²) in [4.78, 5) is 10.4. The molecular formula is C11H13BrO3. The average molecular weight is 273 g/mol. The van der Waals surface area contributed by atoms with Crippen molar-refractivity contribution in [2.45, 2.75) is 25.9 Å². The Balaban J connectivity index is 2.47. The van der Waals surface area contributed by atoms with Crippen LogP contribution in [-0.2, 0) is 4.79 Å². The number of benzene rings is 1. The van der Waals surface area contributed by atoms with Crippen molar-refractivity contribution < 1.29 is 14.6 Å². The zero-order valence-corrected chi connectivity index (χ0v) is 10.0. The maximum atomic E-state index is 10.4. The molecule has 0 aliphatic carbocycles. The van der Waals surface area contributed by atoms with Crippen LogP contribution in [0.1, 0.15) is 19.8 Å². The number of carbonyl (C=O) groups is 1. The minimum atomic E-state index is -0.794. The van der Waals surface area contributed by atoms with Gasteiger partial charge < -0.3 is 9.84 Å². The van der Waals surface area contributed by atoms with Gasteiger partial charge in [0.2, 0.25) is 0 Å². The summed E-state index contributed by atoms with van der Waals surface area (Å²) < 4.78 is 6.47. The number of carboxylic acids is 1. The van der Waals surface area contributed by atoms with Crippen molar-refractivity contribution in [1.29, 1.82) is 0 Å². The minimum Gasteiger partial charge on any atom is -0.490 e. The molecule has 0 amide bonds. The number of halogens is 1. The molecule has 0 spiro atoms. The van der Waals surface area contributed by atoms with Gasteiger partial charge in [-0.15, -0.1) is 0 Å². The van der Waals surface area contributed by atoms with E-state index in [1.165, 1.54) is 0 Å². The first kappa shape index (κ1) is 12.0. The number of aliphatic carboxylic acids is 1. The number of para-hydroxylation sites is 1. The van der Waals surface area contributed by atoms with Crippen LogP contribution >= 0.6 is 15.9 Å². The Morgan fingerprint density at radius 1 is 1.53 bits per heavy atom. The predicted molar refractivity (Wildman–Crippen MR) is 61.1 cm³/mol. The van der Waals surface area contributed by atoms with Gasteiger partial charge in [-0.3, -0.25) is 4.79 Å². The molecule has 0 fully saturated rings. The van der Waals surface area contributed by atoms with Gasteiger partial charge in [0.05, 0.1) is 10.6 Å². The van der Waals surface area contributed by atoms with E-state index in [9.17, 15) is 4.79 Å². The van der Waals surface area contributed by atoms with E-state index in [1.807, 2.05) is 31.2 Å². The molecule has 3 nitrogen and oxygen atoms in total. The van der Waals surface area contributed by atoms with Crippen molar-refractivity contribution in [1.82, 2.24) is 0 Å². The van der Waals surface area contributed by atoms with Crippen molar-refractivity contribution >= 4 is 21.9 Å². The summed E-state index contributed by atoms with van der Waals surface area (Å²) in [6.45, 7) is 1.86. The standard InChI is InChI=1S/C11H13BrO3/c1-8(6-7-11(13)14)15-10-5-3-2-4-9(10)12/h2-5,8H,6-7H2,1H3,(H,13,14). The van der Waals surface area contributed by atoms with Crippen LogP contribution in [0.4, 0.5) is 0 Å². The first-order chi connectivity index (χ1) is 7.09. The highest BCUT2D eigenvalue weighted by atomic mass is 79.9. The highest BCUT2D eigenvalue weighted by Crippen LogP contribution is 2.25. The average Bonchev–Trinajstić information content (AvgIpc) is 2.18. The Kier molecular flexibility index (Phi) is 4.62. The topological polar surface area (TPSA) is 46.5 Å². The highest BCUT2D eigenvalue weighted by molar-refractivity contribution is 9.10. The summed E-state index contributed by atoms with van der Waals surface area (Å²) in [6.07, 6.45) is 0.544. The summed E-state index contributed by atoms with van der Waals surface area (Å²) in [5.41, 5.74) is 0. The lowest BCUT2D eigenvalue weighted by Crippen LogP contribution is -2.13. The van der Waals surface area contributed by atoms with E-state index in [4.69, 9.17) is 9.84 Å². The molecule has 82 valence electrons. The second kappa shape index (κ2) is 5.75. The molecule has 1 rings (SSSR count). The van der Waals surface area contributed by atoms with E-state index in [1.54, 1.807) is 0 Å². The summed E-state index contributed by atoms with van der Waals surface area (Å²) in [7, 11) is 0. The van der Waals surface area contributed by atoms with Gasteiger partial charge in [0, 0.05) is 6.42 Å². The van der Waals surface area contributed by atoms with Crippen molar-refractivity contribution in [2.24, 2.45) is 0 Å². The zero-order chi connectivity index (χ0) is 11.3. The molecule has 0 aliphatic rings. The van der Waals surface area contributed by atoms with E-state index in [0.717, 1.165) is 10.2 Å². The normalized spacial score (nSPS) is 12.1. The molecule has 1 unspecified atom stereocenters. The molecule has 0 aliphatic heterocycles. The summed E-state index contributed by atoms with van der Waals surface area (Å²) >= 11 is 3.36. The second-order valence-electron chi connectivity index (χ2n) is 3.29. The van der Waals surface area contributed by atoms with Crippen molar-refractivity contribution in [3.63, 3.8) is 0 Å². The number of hydrogen-bond acceptors (Lipinski definition) is 2. The third-order valence-corrected chi connectivity index (χ3v) is 2.58. The number of rotatable bonds is 5. The quantitative estimate of drug-likeness (QED) is 0.896. The Morgan fingerprint density at radius 2 is 2.20 bits per heavy atom. The molecule has 1 N–H and O–H groups in total. The van der Waals surface area contributed by atoms with Gasteiger partial charge in [-0.25, -0.2) is 0 Å². The second-order valence-corrected chi connectivity index (χ2v) is 4.15. The monoisotopic (exact) mass is 272 g/mol. The van der Waals surface area contributed by atoms with Crippen molar-refractivity contribution in [2.75, 3.05) is 0 Å². The Hall–Kier alpha value is -1.03. The summed E-state index contributed by atoms with van der Waals surface area (Å²) in [6, 6.07) is 7.52. The lowest BCUT2D eigenvalue weighted by Gasteiger charge is -2.14. The van der Waals surface area contributed by atoms with Crippen molar-refractivity contribution in [3.05, 3.63) is 28.7 Å². The zero-order valence-electron chi connectivity index (χ0n) is 8.44. The van der Waals surface area contributed by atoms with Crippen LogP contribution < -0.4 is 4.74 Å². The fourth-order valence-electron chi connectivity index (χ4n) is 1.14. The van der Waals surface area contributed by atoms with Crippen LogP contribution in [0.25, 0.3) is 0 Å². The molecule has 4 heteroatoms. The maximum absolute atomic E-state index is 10.4. The molecule has 1 atom stereocenters. The molecule has 1 aromatic rings. The molecule has 0 saturated heterocycles. The van der Waals surface area contributed by atoms with Gasteiger partial charge in [0.15, 0.2) is 0 Å². The van der Waals surface area contributed by atoms with Crippen LogP contribution in [0.3, 0.4) is 0 Å². The largest absolute Gasteiger partial charge is 0.490 e. The molecule has 0 aromatic heterocycles. The third kappa shape index (κ3) is 4.34. The third-order valence-electron chi connectivity index (χ3n) is 1.93. The first-order valence-electron chi connectivity index (χ1n) is 4.72. The van der Waals surface area contributed by atoms with Crippen molar-refractivity contribution in [3.8, 4) is 5.75 Å². The molecule has 15 heavy (non-hydrogen) atoms. The van der Waals surface area contributed by atoms with E-state index in [2.05, 4.69) is 15.9 Å². The van der Waals surface area contributed by atoms with Gasteiger partial charge >= 0.3 is 5.97 Å². The number of hydrogen-bond donors (Lipinski definition) is 1. The highest BCUT2D eigenvalue weighted by Gasteiger charge is 2.08. The SMILES string of the molecule is CC(CCC(=O)O)Oc1ccccc1Br. The van der Waals surface area contributed by atoms with Gasteiger partial charge in [-0.05, 0) is 41.4 Å². The molecule has 1 aromatic carbocycles. The van der Waals surface area contributed by atoms with E-state index in [0.29, 0.717) is 6.42 Å². The van der Waals surface area contributed by atoms with Gasteiger partial charge in [0.1, 0.15) is 5.75 Å². The van der Waals surface area contributed by atoms with E-state index >= 15 is 0 Å².